The number of aliphatic hydroxyl groups excluding tert-OH is 17. The molecule has 614 valence electrons. The van der Waals surface area contributed by atoms with Crippen LogP contribution in [-0.2, 0) is 66.4 Å². The quantitative estimate of drug-likeness (QED) is 0.0249. The fraction of sp³-hybridized carbons (Fsp3) is 0.944. The van der Waals surface area contributed by atoms with Crippen molar-refractivity contribution in [3.05, 3.63) is 12.2 Å². The molecular weight excluding hydrogens is 1390 g/mol. The molecule has 0 aromatic carbocycles. The van der Waals surface area contributed by atoms with Crippen molar-refractivity contribution in [3.63, 3.8) is 0 Å². The summed E-state index contributed by atoms with van der Waals surface area (Å²) in [5.41, 5.74) is 0. The third-order valence-corrected chi connectivity index (χ3v) is 20.7. The van der Waals surface area contributed by atoms with Crippen molar-refractivity contribution in [2.75, 3.05) is 33.0 Å². The van der Waals surface area contributed by atoms with Gasteiger partial charge in [0, 0.05) is 13.3 Å². The number of nitrogens with one attached hydrogen (secondary N) is 2. The first-order valence-electron chi connectivity index (χ1n) is 38.7. The molecule has 33 heteroatoms. The first-order chi connectivity index (χ1) is 50.3. The average molecular weight is 1520 g/mol. The second-order valence-corrected chi connectivity index (χ2v) is 29.2. The van der Waals surface area contributed by atoms with Gasteiger partial charge >= 0.3 is 0 Å². The number of unbranched alkanes of at least 4 members (excludes halogenated alkanes) is 23. The molecule has 6 heterocycles. The number of hydrogen-bond acceptors (Lipinski definition) is 31. The molecule has 32 atom stereocenters. The Balaban J connectivity index is 1.17. The second kappa shape index (κ2) is 47.8. The van der Waals surface area contributed by atoms with Gasteiger partial charge in [0.25, 0.3) is 0 Å². The zero-order valence-corrected chi connectivity index (χ0v) is 61.9. The maximum Gasteiger partial charge on any atom is 0.220 e. The fourth-order valence-corrected chi connectivity index (χ4v) is 14.2. The molecule has 6 saturated heterocycles. The summed E-state index contributed by atoms with van der Waals surface area (Å²) < 4.78 is 72.3. The van der Waals surface area contributed by atoms with E-state index in [1.807, 2.05) is 6.08 Å². The Kier molecular flexibility index (Phi) is 41.6. The third kappa shape index (κ3) is 27.1. The van der Waals surface area contributed by atoms with Crippen LogP contribution in [0.1, 0.15) is 202 Å². The lowest BCUT2D eigenvalue weighted by Crippen LogP contribution is -2.71. The van der Waals surface area contributed by atoms with Crippen LogP contribution in [0.4, 0.5) is 0 Å². The predicted octanol–water partition coefficient (Wildman–Crippen LogP) is -1.29. The molecule has 6 aliphatic rings. The largest absolute Gasteiger partial charge is 0.394 e. The molecular formula is C72H130N2O31. The van der Waals surface area contributed by atoms with Crippen molar-refractivity contribution in [3.8, 4) is 0 Å². The number of hydrogen-bond donors (Lipinski definition) is 19. The Hall–Kier alpha value is -2.48. The Bertz CT molecular complexity index is 2400. The van der Waals surface area contributed by atoms with Gasteiger partial charge in [0.05, 0.1) is 57.4 Å². The Morgan fingerprint density at radius 3 is 1.29 bits per heavy atom. The van der Waals surface area contributed by atoms with E-state index in [1.54, 1.807) is 6.08 Å². The zero-order valence-electron chi connectivity index (χ0n) is 61.9. The van der Waals surface area contributed by atoms with Crippen LogP contribution in [0, 0.1) is 0 Å². The summed E-state index contributed by atoms with van der Waals surface area (Å²) in [7, 11) is 0. The van der Waals surface area contributed by atoms with Crippen molar-refractivity contribution in [2.24, 2.45) is 0 Å². The summed E-state index contributed by atoms with van der Waals surface area (Å²) in [5.74, 6) is -1.24. The van der Waals surface area contributed by atoms with E-state index in [2.05, 4.69) is 24.5 Å². The molecule has 6 fully saturated rings. The Morgan fingerprint density at radius 1 is 0.390 bits per heavy atom. The lowest BCUT2D eigenvalue weighted by Gasteiger charge is -2.52. The number of allylic oxidation sites excluding steroid dienone is 1. The number of rotatable bonds is 47. The third-order valence-electron chi connectivity index (χ3n) is 20.7. The molecule has 0 saturated carbocycles. The van der Waals surface area contributed by atoms with Crippen LogP contribution in [0.5, 0.6) is 0 Å². The average Bonchev–Trinajstić information content (AvgIpc) is 0.760. The highest BCUT2D eigenvalue weighted by Crippen LogP contribution is 2.39. The van der Waals surface area contributed by atoms with Gasteiger partial charge in [-0.1, -0.05) is 167 Å². The Labute approximate surface area is 616 Å². The van der Waals surface area contributed by atoms with E-state index in [1.165, 1.54) is 110 Å². The second-order valence-electron chi connectivity index (χ2n) is 29.2. The van der Waals surface area contributed by atoms with Crippen molar-refractivity contribution < 1.29 is 153 Å². The van der Waals surface area contributed by atoms with E-state index >= 15 is 0 Å². The molecule has 105 heavy (non-hydrogen) atoms. The minimum absolute atomic E-state index is 0.174. The van der Waals surface area contributed by atoms with Gasteiger partial charge in [-0.3, -0.25) is 9.59 Å². The van der Waals surface area contributed by atoms with Gasteiger partial charge in [0.1, 0.15) is 134 Å². The van der Waals surface area contributed by atoms with Gasteiger partial charge in [0.15, 0.2) is 37.7 Å². The molecule has 6 aliphatic heterocycles. The van der Waals surface area contributed by atoms with Crippen LogP contribution in [0.2, 0.25) is 0 Å². The zero-order chi connectivity index (χ0) is 76.9. The fourth-order valence-electron chi connectivity index (χ4n) is 14.2. The van der Waals surface area contributed by atoms with Crippen LogP contribution in [0.3, 0.4) is 0 Å². The smallest absolute Gasteiger partial charge is 0.220 e. The summed E-state index contributed by atoms with van der Waals surface area (Å²) in [4.78, 5) is 26.9. The van der Waals surface area contributed by atoms with Crippen molar-refractivity contribution in [2.45, 2.75) is 398 Å². The first-order valence-corrected chi connectivity index (χ1v) is 38.7. The molecule has 0 aromatic rings. The molecule has 0 spiro atoms. The van der Waals surface area contributed by atoms with E-state index < -0.39 is 235 Å². The van der Waals surface area contributed by atoms with Crippen molar-refractivity contribution >= 4 is 11.8 Å². The van der Waals surface area contributed by atoms with E-state index in [4.69, 9.17) is 56.8 Å². The van der Waals surface area contributed by atoms with E-state index in [0.29, 0.717) is 12.8 Å². The molecule has 12 unspecified atom stereocenters. The maximum absolute atomic E-state index is 13.5. The number of amides is 2. The number of carbonyl (C=O) groups is 2. The minimum Gasteiger partial charge on any atom is -0.394 e. The van der Waals surface area contributed by atoms with Gasteiger partial charge in [-0.2, -0.15) is 0 Å². The molecule has 19 N–H and O–H groups in total. The highest BCUT2D eigenvalue weighted by Gasteiger charge is 2.59. The molecule has 33 nitrogen and oxygen atoms in total. The van der Waals surface area contributed by atoms with Gasteiger partial charge in [-0.25, -0.2) is 0 Å². The lowest BCUT2D eigenvalue weighted by atomic mass is 9.93. The highest BCUT2D eigenvalue weighted by molar-refractivity contribution is 5.76. The molecule has 0 radical (unpaired) electrons. The summed E-state index contributed by atoms with van der Waals surface area (Å²) >= 11 is 0. The summed E-state index contributed by atoms with van der Waals surface area (Å²) in [6, 6.07) is -2.95. The van der Waals surface area contributed by atoms with Crippen LogP contribution in [0.15, 0.2) is 12.2 Å². The first kappa shape index (κ1) is 91.4. The topological polar surface area (TPSA) is 513 Å². The van der Waals surface area contributed by atoms with Crippen LogP contribution in [-0.4, -0.2) is 328 Å². The normalized spacial score (nSPS) is 39.0. The molecule has 0 aromatic heterocycles. The summed E-state index contributed by atoms with van der Waals surface area (Å²) in [6.45, 7) is 3.55. The summed E-state index contributed by atoms with van der Waals surface area (Å²) in [5, 5.41) is 195. The number of aliphatic hydroxyl groups is 17. The highest BCUT2D eigenvalue weighted by atomic mass is 16.8. The van der Waals surface area contributed by atoms with Gasteiger partial charge < -0.3 is 154 Å². The van der Waals surface area contributed by atoms with Crippen LogP contribution in [0.25, 0.3) is 0 Å². The Morgan fingerprint density at radius 2 is 0.781 bits per heavy atom. The summed E-state index contributed by atoms with van der Waals surface area (Å²) in [6.07, 6.45) is -24.1. The lowest BCUT2D eigenvalue weighted by molar-refractivity contribution is -0.401. The van der Waals surface area contributed by atoms with Gasteiger partial charge in [0.2, 0.25) is 11.8 Å². The number of carbonyl (C=O) groups excluding carboxylic acids is 2. The standard InChI is InChI=1S/C72H130N2O31/c1-6-8-10-12-14-16-18-20-22-24-26-28-30-32-43(80)42(74-48(81)33-31-29-27-25-23-21-19-17-15-13-11-9-7-2)38-94-68-60(92)57(89)62(46(36-77)100-68)101-71-61(93)65(53(85)45(35-76)97-71)104-67-49(73-41(5)79)64(103-69-58(90)54(86)50(82)39(3)95-69)63(47(37-78)99-67)102-72-66(56(88)52(84)44(34-75)98-72)105-70-59(91)55(87)51(83)40(4)96-70/h30,32,39-40,42-47,49-72,75-78,80,82-93H,6-29,31,33-38H2,1-5H3,(H,73,79)(H,74,81)/b32-30+/t39?,40?,42-,43+,44?,45?,46?,47?,49?,50+,51+,52-,53-,54?,55?,56-,57+,58-,59-,60?,61?,62+,63+,64+,65-,66?,67-,68+,69+,70+,71-,72-/m0/s1. The SMILES string of the molecule is CCCCCCCCCCCCC/C=C/[C@@H](O)[C@H](CO[C@@H]1OC(CO)[C@@H](O[C@@H]2OC(CO)[C@H](O)[C@H](O[C@@H]3OC(CO)[C@@H](O[C@@H]4OC(CO)[C@H](O)[C@H](O)C4O[C@H]4OC(C)[C@@H](O)C(O)[C@@H]4O)[C@H](O[C@H]4OC(C)[C@@H](O)C(O)[C@@H]4O)C3NC(C)=O)C2O)[C@H](O)C1O)NC(=O)CCCCCCCCCCCCCCC. The van der Waals surface area contributed by atoms with Gasteiger partial charge in [-0.05, 0) is 33.1 Å². The van der Waals surface area contributed by atoms with Crippen molar-refractivity contribution in [1.82, 2.24) is 10.6 Å². The van der Waals surface area contributed by atoms with Crippen LogP contribution < -0.4 is 10.6 Å². The molecule has 0 bridgehead atoms. The maximum atomic E-state index is 13.5. The molecule has 6 rings (SSSR count). The molecule has 2 amide bonds. The van der Waals surface area contributed by atoms with E-state index in [9.17, 15) is 96.4 Å². The number of ether oxygens (including phenoxy) is 12. The van der Waals surface area contributed by atoms with Crippen molar-refractivity contribution in [1.29, 1.82) is 0 Å². The molecule has 0 aliphatic carbocycles. The minimum atomic E-state index is -2.24. The van der Waals surface area contributed by atoms with Crippen LogP contribution >= 0.6 is 0 Å². The monoisotopic (exact) mass is 1520 g/mol. The van der Waals surface area contributed by atoms with E-state index in [-0.39, 0.29) is 12.3 Å². The van der Waals surface area contributed by atoms with E-state index in [0.717, 1.165) is 58.3 Å². The predicted molar refractivity (Wildman–Crippen MR) is 370 cm³/mol. The van der Waals surface area contributed by atoms with Gasteiger partial charge in [-0.15, -0.1) is 0 Å².